The second-order valence-corrected chi connectivity index (χ2v) is 5.19. The molecule has 0 saturated carbocycles. The van der Waals surface area contributed by atoms with E-state index in [-0.39, 0.29) is 18.1 Å². The van der Waals surface area contributed by atoms with Gasteiger partial charge in [0.05, 0.1) is 0 Å². The van der Waals surface area contributed by atoms with Crippen molar-refractivity contribution in [2.75, 3.05) is 5.32 Å². The van der Waals surface area contributed by atoms with Crippen molar-refractivity contribution in [2.45, 2.75) is 13.5 Å². The van der Waals surface area contributed by atoms with E-state index in [1.807, 2.05) is 19.1 Å². The van der Waals surface area contributed by atoms with Gasteiger partial charge in [-0.15, -0.1) is 0 Å². The molecule has 1 heterocycles. The SMILES string of the molecule is Cc1cc(NC(=O)Cn2cccc2C(=O)O)ccc1Br. The largest absolute Gasteiger partial charge is 0.477 e. The number of hydrogen-bond donors (Lipinski definition) is 2. The molecule has 1 aromatic heterocycles. The van der Waals surface area contributed by atoms with Crippen LogP contribution in [0.15, 0.2) is 41.0 Å². The number of carboxylic acid groups (broad SMARTS) is 1. The number of carboxylic acids is 1. The Morgan fingerprint density at radius 1 is 1.35 bits per heavy atom. The van der Waals surface area contributed by atoms with Gasteiger partial charge in [-0.2, -0.15) is 0 Å². The summed E-state index contributed by atoms with van der Waals surface area (Å²) in [6.07, 6.45) is 1.57. The first kappa shape index (κ1) is 14.3. The molecule has 0 aliphatic heterocycles. The molecule has 0 bridgehead atoms. The highest BCUT2D eigenvalue weighted by Crippen LogP contribution is 2.20. The van der Waals surface area contributed by atoms with Crippen LogP contribution in [0.3, 0.4) is 0 Å². The highest BCUT2D eigenvalue weighted by atomic mass is 79.9. The van der Waals surface area contributed by atoms with Gasteiger partial charge in [0.1, 0.15) is 12.2 Å². The summed E-state index contributed by atoms with van der Waals surface area (Å²) < 4.78 is 2.36. The zero-order chi connectivity index (χ0) is 14.7. The van der Waals surface area contributed by atoms with Crippen LogP contribution in [0.1, 0.15) is 16.1 Å². The van der Waals surface area contributed by atoms with E-state index in [0.717, 1.165) is 10.0 Å². The van der Waals surface area contributed by atoms with Crippen LogP contribution in [0.2, 0.25) is 0 Å². The maximum atomic E-state index is 11.9. The first-order chi connectivity index (χ1) is 9.47. The van der Waals surface area contributed by atoms with Crippen LogP contribution in [-0.4, -0.2) is 21.6 Å². The van der Waals surface area contributed by atoms with Crippen LogP contribution >= 0.6 is 15.9 Å². The molecule has 0 fully saturated rings. The lowest BCUT2D eigenvalue weighted by atomic mass is 10.2. The van der Waals surface area contributed by atoms with Gasteiger partial charge in [0.2, 0.25) is 5.91 Å². The van der Waals surface area contributed by atoms with Crippen molar-refractivity contribution >= 4 is 33.5 Å². The van der Waals surface area contributed by atoms with E-state index in [2.05, 4.69) is 21.2 Å². The number of aromatic nitrogens is 1. The molecule has 1 aromatic carbocycles. The number of hydrogen-bond acceptors (Lipinski definition) is 2. The van der Waals surface area contributed by atoms with Crippen LogP contribution in [0, 0.1) is 6.92 Å². The minimum Gasteiger partial charge on any atom is -0.477 e. The van der Waals surface area contributed by atoms with E-state index < -0.39 is 5.97 Å². The second kappa shape index (κ2) is 5.92. The van der Waals surface area contributed by atoms with Crippen molar-refractivity contribution in [1.29, 1.82) is 0 Å². The Balaban J connectivity index is 2.07. The molecule has 2 rings (SSSR count). The maximum Gasteiger partial charge on any atom is 0.352 e. The fraction of sp³-hybridized carbons (Fsp3) is 0.143. The Labute approximate surface area is 124 Å². The summed E-state index contributed by atoms with van der Waals surface area (Å²) in [5.41, 5.74) is 1.78. The standard InChI is InChI=1S/C14H13BrN2O3/c1-9-7-10(4-5-11(9)15)16-13(18)8-17-6-2-3-12(17)14(19)20/h2-7H,8H2,1H3,(H,16,18)(H,19,20). The number of anilines is 1. The minimum absolute atomic E-state index is 0.0380. The number of halogens is 1. The Hall–Kier alpha value is -2.08. The Bertz CT molecular complexity index is 664. The highest BCUT2D eigenvalue weighted by Gasteiger charge is 2.11. The topological polar surface area (TPSA) is 71.3 Å². The molecule has 0 atom stereocenters. The van der Waals surface area contributed by atoms with Gasteiger partial charge in [0.25, 0.3) is 0 Å². The minimum atomic E-state index is -1.05. The predicted molar refractivity (Wildman–Crippen MR) is 78.9 cm³/mol. The van der Waals surface area contributed by atoms with Gasteiger partial charge in [0, 0.05) is 16.4 Å². The third-order valence-electron chi connectivity index (χ3n) is 2.80. The molecule has 2 N–H and O–H groups in total. The molecule has 0 aliphatic carbocycles. The average Bonchev–Trinajstić information content (AvgIpc) is 2.82. The van der Waals surface area contributed by atoms with Crippen molar-refractivity contribution in [1.82, 2.24) is 4.57 Å². The van der Waals surface area contributed by atoms with Gasteiger partial charge in [-0.25, -0.2) is 4.79 Å². The molecule has 1 amide bonds. The van der Waals surface area contributed by atoms with Crippen molar-refractivity contribution < 1.29 is 14.7 Å². The Morgan fingerprint density at radius 2 is 2.10 bits per heavy atom. The summed E-state index contributed by atoms with van der Waals surface area (Å²) in [6, 6.07) is 8.53. The van der Waals surface area contributed by atoms with E-state index in [4.69, 9.17) is 5.11 Å². The fourth-order valence-electron chi connectivity index (χ4n) is 1.82. The maximum absolute atomic E-state index is 11.9. The third-order valence-corrected chi connectivity index (χ3v) is 3.69. The fourth-order valence-corrected chi connectivity index (χ4v) is 2.07. The Morgan fingerprint density at radius 3 is 2.75 bits per heavy atom. The lowest BCUT2D eigenvalue weighted by Crippen LogP contribution is -2.20. The van der Waals surface area contributed by atoms with Gasteiger partial charge in [-0.1, -0.05) is 15.9 Å². The third kappa shape index (κ3) is 3.27. The van der Waals surface area contributed by atoms with E-state index in [1.165, 1.54) is 10.6 Å². The molecule has 6 heteroatoms. The number of benzene rings is 1. The molecule has 5 nitrogen and oxygen atoms in total. The summed E-state index contributed by atoms with van der Waals surface area (Å²) in [4.78, 5) is 22.9. The first-order valence-electron chi connectivity index (χ1n) is 5.92. The molecular weight excluding hydrogens is 324 g/mol. The molecule has 0 unspecified atom stereocenters. The first-order valence-corrected chi connectivity index (χ1v) is 6.71. The molecule has 0 radical (unpaired) electrons. The van der Waals surface area contributed by atoms with Crippen LogP contribution in [0.5, 0.6) is 0 Å². The summed E-state index contributed by atoms with van der Waals surface area (Å²) >= 11 is 3.39. The highest BCUT2D eigenvalue weighted by molar-refractivity contribution is 9.10. The monoisotopic (exact) mass is 336 g/mol. The number of amides is 1. The van der Waals surface area contributed by atoms with Gasteiger partial charge in [-0.05, 0) is 42.8 Å². The van der Waals surface area contributed by atoms with Gasteiger partial charge in [0.15, 0.2) is 0 Å². The molecule has 0 aliphatic rings. The number of nitrogens with one attached hydrogen (secondary N) is 1. The zero-order valence-corrected chi connectivity index (χ0v) is 12.3. The molecule has 0 spiro atoms. The van der Waals surface area contributed by atoms with Gasteiger partial charge < -0.3 is 15.0 Å². The van der Waals surface area contributed by atoms with Crippen LogP contribution in [0.4, 0.5) is 5.69 Å². The number of rotatable bonds is 4. The quantitative estimate of drug-likeness (QED) is 0.901. The molecule has 20 heavy (non-hydrogen) atoms. The number of carbonyl (C=O) groups is 2. The van der Waals surface area contributed by atoms with Gasteiger partial charge in [-0.3, -0.25) is 4.79 Å². The van der Waals surface area contributed by atoms with E-state index in [9.17, 15) is 9.59 Å². The number of carbonyl (C=O) groups excluding carboxylic acids is 1. The van der Waals surface area contributed by atoms with E-state index in [0.29, 0.717) is 5.69 Å². The number of aromatic carboxylic acids is 1. The summed E-state index contributed by atoms with van der Waals surface area (Å²) in [7, 11) is 0. The molecule has 104 valence electrons. The van der Waals surface area contributed by atoms with Crippen LogP contribution in [0.25, 0.3) is 0 Å². The van der Waals surface area contributed by atoms with E-state index in [1.54, 1.807) is 18.3 Å². The summed E-state index contributed by atoms with van der Waals surface area (Å²) in [6.45, 7) is 1.89. The predicted octanol–water partition coefficient (Wildman–Crippen LogP) is 2.90. The Kier molecular flexibility index (Phi) is 4.24. The molecule has 2 aromatic rings. The van der Waals surface area contributed by atoms with Crippen molar-refractivity contribution in [3.8, 4) is 0 Å². The van der Waals surface area contributed by atoms with E-state index >= 15 is 0 Å². The number of nitrogens with zero attached hydrogens (tertiary/aromatic N) is 1. The van der Waals surface area contributed by atoms with Crippen molar-refractivity contribution in [3.05, 3.63) is 52.3 Å². The smallest absolute Gasteiger partial charge is 0.352 e. The lowest BCUT2D eigenvalue weighted by Gasteiger charge is -2.09. The molecule has 0 saturated heterocycles. The summed E-state index contributed by atoms with van der Waals surface area (Å²) in [5.74, 6) is -1.33. The lowest BCUT2D eigenvalue weighted by molar-refractivity contribution is -0.116. The normalized spacial score (nSPS) is 10.3. The second-order valence-electron chi connectivity index (χ2n) is 4.34. The number of aryl methyl sites for hydroxylation is 1. The van der Waals surface area contributed by atoms with Crippen molar-refractivity contribution in [3.63, 3.8) is 0 Å². The molecular formula is C14H13BrN2O3. The van der Waals surface area contributed by atoms with Crippen molar-refractivity contribution in [2.24, 2.45) is 0 Å². The summed E-state index contributed by atoms with van der Waals surface area (Å²) in [5, 5.41) is 11.7. The zero-order valence-electron chi connectivity index (χ0n) is 10.8. The van der Waals surface area contributed by atoms with Crippen LogP contribution < -0.4 is 5.32 Å². The average molecular weight is 337 g/mol. The van der Waals surface area contributed by atoms with Gasteiger partial charge >= 0.3 is 5.97 Å². The van der Waals surface area contributed by atoms with Crippen LogP contribution in [-0.2, 0) is 11.3 Å².